The molecule has 0 aliphatic carbocycles. The van der Waals surface area contributed by atoms with E-state index in [1.165, 1.54) is 0 Å². The molecule has 0 spiro atoms. The zero-order valence-corrected chi connectivity index (χ0v) is 18.4. The highest BCUT2D eigenvalue weighted by atomic mass is 35.5. The number of halogens is 1. The van der Waals surface area contributed by atoms with Gasteiger partial charge in [-0.15, -0.1) is 0 Å². The predicted octanol–water partition coefficient (Wildman–Crippen LogP) is 1.68. The van der Waals surface area contributed by atoms with Gasteiger partial charge in [0.25, 0.3) is 5.91 Å². The minimum absolute atomic E-state index is 0.0378. The Kier molecular flexibility index (Phi) is 5.39. The van der Waals surface area contributed by atoms with Crippen molar-refractivity contribution in [3.63, 3.8) is 0 Å². The fourth-order valence-corrected chi connectivity index (χ4v) is 5.33. The lowest BCUT2D eigenvalue weighted by Crippen LogP contribution is -2.59. The molecule has 2 N–H and O–H groups in total. The molecule has 0 saturated carbocycles. The smallest absolute Gasteiger partial charge is 0.256 e. The number of nitrogens with two attached hydrogens (primary N) is 1. The van der Waals surface area contributed by atoms with E-state index in [4.69, 9.17) is 17.3 Å². The molecule has 0 aromatic heterocycles. The Morgan fingerprint density at radius 1 is 1.00 bits per heavy atom. The molecular formula is C24H25ClN4O3. The molecule has 5 rings (SSSR count). The van der Waals surface area contributed by atoms with Gasteiger partial charge in [0.1, 0.15) is 6.04 Å². The second-order valence-corrected chi connectivity index (χ2v) is 9.12. The molecule has 3 amide bonds. The SMILES string of the molecule is NC1CC2CN(C(=O)C3Cc4ccccc4CN3C(=O)c3ccccc3Cl)CCN2C1=O. The van der Waals surface area contributed by atoms with Crippen LogP contribution in [0, 0.1) is 0 Å². The van der Waals surface area contributed by atoms with Crippen LogP contribution in [-0.4, -0.2) is 70.2 Å². The van der Waals surface area contributed by atoms with Crippen LogP contribution in [-0.2, 0) is 22.6 Å². The molecule has 8 heteroatoms. The number of nitrogens with zero attached hydrogens (tertiary/aromatic N) is 3. The molecule has 2 saturated heterocycles. The Hall–Kier alpha value is -2.90. The van der Waals surface area contributed by atoms with Gasteiger partial charge in [0.15, 0.2) is 0 Å². The number of hydrogen-bond donors (Lipinski definition) is 1. The normalized spacial score (nSPS) is 24.9. The van der Waals surface area contributed by atoms with E-state index in [2.05, 4.69) is 0 Å². The third-order valence-corrected chi connectivity index (χ3v) is 7.15. The maximum absolute atomic E-state index is 13.7. The number of carbonyl (C=O) groups is 3. The molecule has 3 aliphatic rings. The van der Waals surface area contributed by atoms with Gasteiger partial charge >= 0.3 is 0 Å². The van der Waals surface area contributed by atoms with Gasteiger partial charge in [-0.05, 0) is 29.7 Å². The minimum atomic E-state index is -0.619. The summed E-state index contributed by atoms with van der Waals surface area (Å²) in [5, 5.41) is 0.370. The fourth-order valence-electron chi connectivity index (χ4n) is 5.11. The number of hydrogen-bond acceptors (Lipinski definition) is 4. The maximum Gasteiger partial charge on any atom is 0.256 e. The summed E-state index contributed by atoms with van der Waals surface area (Å²) in [6.07, 6.45) is 1.01. The molecule has 32 heavy (non-hydrogen) atoms. The van der Waals surface area contributed by atoms with Gasteiger partial charge in [0, 0.05) is 32.6 Å². The molecule has 2 fully saturated rings. The number of fused-ring (bicyclic) bond motifs is 2. The summed E-state index contributed by atoms with van der Waals surface area (Å²) in [4.78, 5) is 44.6. The van der Waals surface area contributed by atoms with Crippen LogP contribution in [0.25, 0.3) is 0 Å². The van der Waals surface area contributed by atoms with Crippen LogP contribution in [0.4, 0.5) is 0 Å². The Morgan fingerprint density at radius 3 is 2.50 bits per heavy atom. The van der Waals surface area contributed by atoms with Crippen molar-refractivity contribution >= 4 is 29.3 Å². The lowest BCUT2D eigenvalue weighted by atomic mass is 9.92. The van der Waals surface area contributed by atoms with E-state index in [0.717, 1.165) is 11.1 Å². The Morgan fingerprint density at radius 2 is 1.72 bits per heavy atom. The Balaban J connectivity index is 1.43. The van der Waals surface area contributed by atoms with E-state index < -0.39 is 12.1 Å². The zero-order valence-electron chi connectivity index (χ0n) is 17.6. The molecule has 3 unspecified atom stereocenters. The number of piperazine rings is 1. The Labute approximate surface area is 191 Å². The van der Waals surface area contributed by atoms with Crippen molar-refractivity contribution in [2.75, 3.05) is 19.6 Å². The summed E-state index contributed by atoms with van der Waals surface area (Å²) in [6.45, 7) is 1.72. The average molecular weight is 453 g/mol. The third-order valence-electron chi connectivity index (χ3n) is 6.82. The number of rotatable bonds is 2. The van der Waals surface area contributed by atoms with E-state index >= 15 is 0 Å². The predicted molar refractivity (Wildman–Crippen MR) is 120 cm³/mol. The van der Waals surface area contributed by atoms with Crippen molar-refractivity contribution in [2.45, 2.75) is 37.5 Å². The van der Waals surface area contributed by atoms with Gasteiger partial charge in [0.2, 0.25) is 11.8 Å². The van der Waals surface area contributed by atoms with E-state index in [1.807, 2.05) is 24.3 Å². The van der Waals surface area contributed by atoms with Crippen molar-refractivity contribution in [3.05, 3.63) is 70.2 Å². The standard InChI is InChI=1S/C24H25ClN4O3/c25-19-8-4-3-7-18(19)22(30)29-13-16-6-2-1-5-15(16)11-21(29)24(32)27-9-10-28-17(14-27)12-20(26)23(28)31/h1-8,17,20-21H,9-14,26H2. The quantitative estimate of drug-likeness (QED) is 0.751. The van der Waals surface area contributed by atoms with Crippen LogP contribution >= 0.6 is 11.6 Å². The molecule has 0 radical (unpaired) electrons. The van der Waals surface area contributed by atoms with Gasteiger partial charge in [0.05, 0.1) is 22.7 Å². The van der Waals surface area contributed by atoms with Gasteiger partial charge < -0.3 is 20.4 Å². The van der Waals surface area contributed by atoms with Crippen LogP contribution in [0.5, 0.6) is 0 Å². The van der Waals surface area contributed by atoms with Crippen molar-refractivity contribution in [2.24, 2.45) is 5.73 Å². The first-order valence-electron chi connectivity index (χ1n) is 10.9. The van der Waals surface area contributed by atoms with E-state index in [0.29, 0.717) is 49.6 Å². The average Bonchev–Trinajstić information content (AvgIpc) is 3.10. The Bertz CT molecular complexity index is 1090. The lowest BCUT2D eigenvalue weighted by Gasteiger charge is -2.42. The van der Waals surface area contributed by atoms with E-state index in [1.54, 1.807) is 39.0 Å². The highest BCUT2D eigenvalue weighted by Crippen LogP contribution is 2.29. The molecule has 0 bridgehead atoms. The third kappa shape index (κ3) is 3.55. The highest BCUT2D eigenvalue weighted by molar-refractivity contribution is 6.33. The van der Waals surface area contributed by atoms with Gasteiger partial charge in [-0.25, -0.2) is 0 Å². The summed E-state index contributed by atoms with van der Waals surface area (Å²) in [7, 11) is 0. The van der Waals surface area contributed by atoms with Gasteiger partial charge in [-0.2, -0.15) is 0 Å². The van der Waals surface area contributed by atoms with Crippen LogP contribution in [0.1, 0.15) is 27.9 Å². The first kappa shape index (κ1) is 21.0. The summed E-state index contributed by atoms with van der Waals surface area (Å²) in [5.41, 5.74) is 8.44. The van der Waals surface area contributed by atoms with Crippen LogP contribution in [0.3, 0.4) is 0 Å². The molecule has 7 nitrogen and oxygen atoms in total. The van der Waals surface area contributed by atoms with Crippen LogP contribution in [0.15, 0.2) is 48.5 Å². The second-order valence-electron chi connectivity index (χ2n) is 8.71. The van der Waals surface area contributed by atoms with Gasteiger partial charge in [-0.1, -0.05) is 48.0 Å². The van der Waals surface area contributed by atoms with Crippen molar-refractivity contribution in [3.8, 4) is 0 Å². The van der Waals surface area contributed by atoms with Gasteiger partial charge in [-0.3, -0.25) is 14.4 Å². The molecular weight excluding hydrogens is 428 g/mol. The number of benzene rings is 2. The summed E-state index contributed by atoms with van der Waals surface area (Å²) < 4.78 is 0. The molecule has 3 heterocycles. The molecule has 3 atom stereocenters. The molecule has 3 aliphatic heterocycles. The minimum Gasteiger partial charge on any atom is -0.337 e. The second kappa shape index (κ2) is 8.22. The monoisotopic (exact) mass is 452 g/mol. The zero-order chi connectivity index (χ0) is 22.4. The summed E-state index contributed by atoms with van der Waals surface area (Å²) in [5.74, 6) is -0.378. The lowest BCUT2D eigenvalue weighted by molar-refractivity contribution is -0.143. The molecule has 2 aromatic rings. The molecule has 2 aromatic carbocycles. The first-order chi connectivity index (χ1) is 15.4. The van der Waals surface area contributed by atoms with E-state index in [-0.39, 0.29) is 23.8 Å². The highest BCUT2D eigenvalue weighted by Gasteiger charge is 2.44. The van der Waals surface area contributed by atoms with Crippen molar-refractivity contribution in [1.82, 2.24) is 14.7 Å². The molecule has 166 valence electrons. The number of carbonyl (C=O) groups excluding carboxylic acids is 3. The fraction of sp³-hybridized carbons (Fsp3) is 0.375. The topological polar surface area (TPSA) is 86.9 Å². The van der Waals surface area contributed by atoms with Crippen LogP contribution < -0.4 is 5.73 Å². The summed E-state index contributed by atoms with van der Waals surface area (Å²) >= 11 is 6.31. The van der Waals surface area contributed by atoms with E-state index in [9.17, 15) is 14.4 Å². The number of amides is 3. The van der Waals surface area contributed by atoms with Crippen molar-refractivity contribution in [1.29, 1.82) is 0 Å². The van der Waals surface area contributed by atoms with Crippen molar-refractivity contribution < 1.29 is 14.4 Å². The van der Waals surface area contributed by atoms with Crippen LogP contribution in [0.2, 0.25) is 5.02 Å². The maximum atomic E-state index is 13.7. The summed E-state index contributed by atoms with van der Waals surface area (Å²) in [6, 6.07) is 13.7. The largest absolute Gasteiger partial charge is 0.337 e. The first-order valence-corrected chi connectivity index (χ1v) is 11.3.